The topological polar surface area (TPSA) is 96.0 Å². The highest BCUT2D eigenvalue weighted by Crippen LogP contribution is 2.40. The van der Waals surface area contributed by atoms with E-state index in [2.05, 4.69) is 5.32 Å². The minimum atomic E-state index is -4.54. The summed E-state index contributed by atoms with van der Waals surface area (Å²) in [5.74, 6) is -0.152. The molecule has 208 valence electrons. The molecule has 4 atom stereocenters. The normalized spacial score (nSPS) is 23.4. The van der Waals surface area contributed by atoms with E-state index in [0.29, 0.717) is 6.42 Å². The van der Waals surface area contributed by atoms with Gasteiger partial charge in [0.15, 0.2) is 0 Å². The van der Waals surface area contributed by atoms with E-state index in [1.54, 1.807) is 27.8 Å². The van der Waals surface area contributed by atoms with E-state index in [1.165, 1.54) is 9.21 Å². The fourth-order valence-corrected chi connectivity index (χ4v) is 6.43. The summed E-state index contributed by atoms with van der Waals surface area (Å²) in [6.07, 6.45) is -2.86. The number of halogens is 3. The van der Waals surface area contributed by atoms with E-state index in [-0.39, 0.29) is 54.2 Å². The summed E-state index contributed by atoms with van der Waals surface area (Å²) in [6, 6.07) is 3.13. The number of carbonyl (C=O) groups excluding carboxylic acids is 2. The van der Waals surface area contributed by atoms with Gasteiger partial charge < -0.3 is 15.0 Å². The van der Waals surface area contributed by atoms with Gasteiger partial charge in [0.1, 0.15) is 5.60 Å². The summed E-state index contributed by atoms with van der Waals surface area (Å²) in [4.78, 5) is 26.2. The molecular formula is C25H36F3N3O5S. The minimum Gasteiger partial charge on any atom is -0.444 e. The van der Waals surface area contributed by atoms with Gasteiger partial charge >= 0.3 is 12.3 Å². The molecule has 1 heterocycles. The number of fused-ring (bicyclic) bond motifs is 1. The van der Waals surface area contributed by atoms with Crippen LogP contribution in [0.25, 0.3) is 0 Å². The second-order valence-corrected chi connectivity index (χ2v) is 12.9. The molecule has 1 aromatic carbocycles. The third-order valence-corrected chi connectivity index (χ3v) is 8.97. The van der Waals surface area contributed by atoms with Gasteiger partial charge in [0.05, 0.1) is 10.5 Å². The smallest absolute Gasteiger partial charge is 0.416 e. The van der Waals surface area contributed by atoms with Gasteiger partial charge in [-0.25, -0.2) is 13.2 Å². The van der Waals surface area contributed by atoms with Gasteiger partial charge in [0, 0.05) is 38.6 Å². The lowest BCUT2D eigenvalue weighted by molar-refractivity contribution is -0.137. The lowest BCUT2D eigenvalue weighted by Gasteiger charge is -2.29. The number of benzene rings is 1. The molecule has 0 bridgehead atoms. The second kappa shape index (κ2) is 10.8. The third kappa shape index (κ3) is 7.16. The molecule has 1 aromatic rings. The largest absolute Gasteiger partial charge is 0.444 e. The first-order chi connectivity index (χ1) is 17.0. The maximum atomic E-state index is 13.1. The monoisotopic (exact) mass is 547 g/mol. The third-order valence-electron chi connectivity index (χ3n) is 7.12. The van der Waals surface area contributed by atoms with Crippen LogP contribution in [0.1, 0.15) is 58.9 Å². The molecule has 1 aliphatic carbocycles. The molecule has 2 amide bonds. The van der Waals surface area contributed by atoms with Crippen molar-refractivity contribution < 1.29 is 35.9 Å². The molecular weight excluding hydrogens is 511 g/mol. The van der Waals surface area contributed by atoms with Crippen molar-refractivity contribution in [2.24, 2.45) is 11.8 Å². The van der Waals surface area contributed by atoms with E-state index in [1.807, 2.05) is 6.92 Å². The minimum absolute atomic E-state index is 0.0602. The fraction of sp³-hybridized carbons (Fsp3) is 0.680. The maximum Gasteiger partial charge on any atom is 0.416 e. The molecule has 1 N–H and O–H groups in total. The standard InChI is InChI=1S/C25H36F3N3O5S/c1-16(30(5)23(33)36-24(2,3)4)6-13-22(32)29-21-12-7-17-14-31(15-20(17)21)37(34,35)19-10-8-18(9-11-19)25(26,27)28/h8-11,16-17,20-21H,6-7,12-15H2,1-5H3,(H,29,32)/t16?,17-,20+,21+/m0/s1. The van der Waals surface area contributed by atoms with E-state index >= 15 is 0 Å². The summed E-state index contributed by atoms with van der Waals surface area (Å²) in [5, 5.41) is 3.03. The molecule has 2 fully saturated rings. The molecule has 12 heteroatoms. The molecule has 1 saturated heterocycles. The Labute approximate surface area is 216 Å². The predicted molar refractivity (Wildman–Crippen MR) is 131 cm³/mol. The Hall–Kier alpha value is -2.34. The summed E-state index contributed by atoms with van der Waals surface area (Å²) >= 11 is 0. The molecule has 1 unspecified atom stereocenters. The Bertz CT molecular complexity index is 1090. The van der Waals surface area contributed by atoms with Crippen molar-refractivity contribution in [3.05, 3.63) is 29.8 Å². The molecule has 2 aliphatic rings. The zero-order chi connectivity index (χ0) is 27.8. The van der Waals surface area contributed by atoms with Crippen LogP contribution < -0.4 is 5.32 Å². The maximum absolute atomic E-state index is 13.1. The van der Waals surface area contributed by atoms with Crippen molar-refractivity contribution >= 4 is 22.0 Å². The number of rotatable bonds is 7. The highest BCUT2D eigenvalue weighted by molar-refractivity contribution is 7.89. The number of alkyl halides is 3. The SMILES string of the molecule is CC(CCC(=O)N[C@@H]1CC[C@H]2CN(S(=O)(=O)c3ccc(C(F)(F)F)cc3)C[C@H]21)N(C)C(=O)OC(C)(C)C. The molecule has 0 spiro atoms. The zero-order valence-corrected chi connectivity index (χ0v) is 22.7. The van der Waals surface area contributed by atoms with Crippen LogP contribution >= 0.6 is 0 Å². The van der Waals surface area contributed by atoms with Crippen LogP contribution in [-0.4, -0.2) is 67.4 Å². The average Bonchev–Trinajstić information content (AvgIpc) is 3.38. The van der Waals surface area contributed by atoms with Crippen molar-refractivity contribution in [3.8, 4) is 0 Å². The van der Waals surface area contributed by atoms with Crippen LogP contribution in [0.2, 0.25) is 0 Å². The lowest BCUT2D eigenvalue weighted by atomic mass is 9.97. The van der Waals surface area contributed by atoms with E-state index < -0.39 is 33.5 Å². The van der Waals surface area contributed by atoms with Crippen LogP contribution in [0.5, 0.6) is 0 Å². The Morgan fingerprint density at radius 2 is 1.76 bits per heavy atom. The van der Waals surface area contributed by atoms with Crippen molar-refractivity contribution in [2.45, 2.75) is 82.1 Å². The molecule has 1 saturated carbocycles. The van der Waals surface area contributed by atoms with Crippen molar-refractivity contribution in [3.63, 3.8) is 0 Å². The fourth-order valence-electron chi connectivity index (χ4n) is 4.89. The first-order valence-corrected chi connectivity index (χ1v) is 13.9. The Balaban J connectivity index is 1.54. The lowest BCUT2D eigenvalue weighted by Crippen LogP contribution is -2.42. The number of nitrogens with one attached hydrogen (secondary N) is 1. The van der Waals surface area contributed by atoms with Gasteiger partial charge in [0.25, 0.3) is 0 Å². The van der Waals surface area contributed by atoms with Gasteiger partial charge in [-0.3, -0.25) is 4.79 Å². The molecule has 37 heavy (non-hydrogen) atoms. The van der Waals surface area contributed by atoms with Crippen molar-refractivity contribution in [1.82, 2.24) is 14.5 Å². The van der Waals surface area contributed by atoms with Gasteiger partial charge in [-0.15, -0.1) is 0 Å². The molecule has 1 aliphatic heterocycles. The Kier molecular flexibility index (Phi) is 8.53. The van der Waals surface area contributed by atoms with Crippen LogP contribution in [0.4, 0.5) is 18.0 Å². The van der Waals surface area contributed by atoms with Gasteiger partial charge in [-0.05, 0) is 83.1 Å². The highest BCUT2D eigenvalue weighted by atomic mass is 32.2. The summed E-state index contributed by atoms with van der Waals surface area (Å²) < 4.78 is 71.3. The van der Waals surface area contributed by atoms with E-state index in [4.69, 9.17) is 4.74 Å². The summed E-state index contributed by atoms with van der Waals surface area (Å²) in [5.41, 5.74) is -1.52. The molecule has 0 radical (unpaired) electrons. The van der Waals surface area contributed by atoms with Gasteiger partial charge in [0.2, 0.25) is 15.9 Å². The Morgan fingerprint density at radius 3 is 2.32 bits per heavy atom. The Morgan fingerprint density at radius 1 is 1.14 bits per heavy atom. The number of sulfonamides is 1. The molecule has 8 nitrogen and oxygen atoms in total. The number of amides is 2. The van der Waals surface area contributed by atoms with Gasteiger partial charge in [-0.1, -0.05) is 0 Å². The molecule has 3 rings (SSSR count). The number of ether oxygens (including phenoxy) is 1. The average molecular weight is 548 g/mol. The zero-order valence-electron chi connectivity index (χ0n) is 21.8. The number of hydrogen-bond donors (Lipinski definition) is 1. The second-order valence-electron chi connectivity index (χ2n) is 11.0. The molecule has 0 aromatic heterocycles. The predicted octanol–water partition coefficient (Wildman–Crippen LogP) is 4.26. The number of hydrogen-bond acceptors (Lipinski definition) is 5. The number of carbonyl (C=O) groups is 2. The summed E-state index contributed by atoms with van der Waals surface area (Å²) in [6.45, 7) is 7.67. The van der Waals surface area contributed by atoms with Crippen molar-refractivity contribution in [2.75, 3.05) is 20.1 Å². The first-order valence-electron chi connectivity index (χ1n) is 12.4. The van der Waals surface area contributed by atoms with Crippen molar-refractivity contribution in [1.29, 1.82) is 0 Å². The first kappa shape index (κ1) is 29.2. The quantitative estimate of drug-likeness (QED) is 0.551. The number of nitrogens with zero attached hydrogens (tertiary/aromatic N) is 2. The van der Waals surface area contributed by atoms with E-state index in [0.717, 1.165) is 37.1 Å². The van der Waals surface area contributed by atoms with Crippen LogP contribution in [0, 0.1) is 11.8 Å². The van der Waals surface area contributed by atoms with Gasteiger partial charge in [-0.2, -0.15) is 17.5 Å². The highest BCUT2D eigenvalue weighted by Gasteiger charge is 2.46. The summed E-state index contributed by atoms with van der Waals surface area (Å²) in [7, 11) is -2.32. The van der Waals surface area contributed by atoms with E-state index in [9.17, 15) is 31.2 Å². The van der Waals surface area contributed by atoms with Crippen LogP contribution in [-0.2, 0) is 25.7 Å². The van der Waals surface area contributed by atoms with Crippen LogP contribution in [0.3, 0.4) is 0 Å². The van der Waals surface area contributed by atoms with Crippen LogP contribution in [0.15, 0.2) is 29.2 Å².